The number of carbonyl (C=O) groups excluding carboxylic acids is 1. The molecule has 0 spiro atoms. The molecule has 1 N–H and O–H groups in total. The van der Waals surface area contributed by atoms with Gasteiger partial charge in [0.15, 0.2) is 0 Å². The van der Waals surface area contributed by atoms with Gasteiger partial charge in [-0.15, -0.1) is 0 Å². The van der Waals surface area contributed by atoms with Gasteiger partial charge in [-0.05, 0) is 26.2 Å². The summed E-state index contributed by atoms with van der Waals surface area (Å²) in [6, 6.07) is -0.903. The minimum Gasteiger partial charge on any atom is -0.394 e. The van der Waals surface area contributed by atoms with Crippen LogP contribution < -0.4 is 0 Å². The number of sulfonamides is 1. The van der Waals surface area contributed by atoms with Crippen LogP contribution in [0.4, 0.5) is 0 Å². The van der Waals surface area contributed by atoms with E-state index in [0.717, 1.165) is 0 Å². The summed E-state index contributed by atoms with van der Waals surface area (Å²) < 4.78 is 25.6. The van der Waals surface area contributed by atoms with Gasteiger partial charge in [-0.3, -0.25) is 4.79 Å². The molecule has 6 nitrogen and oxygen atoms in total. The van der Waals surface area contributed by atoms with Crippen LogP contribution in [0, 0.1) is 0 Å². The molecule has 0 radical (unpaired) electrons. The summed E-state index contributed by atoms with van der Waals surface area (Å²) in [5.74, 6) is -0.144. The van der Waals surface area contributed by atoms with E-state index in [0.29, 0.717) is 25.8 Å². The minimum absolute atomic E-state index is 0.0794. The summed E-state index contributed by atoms with van der Waals surface area (Å²) in [6.45, 7) is 3.83. The highest BCUT2D eigenvalue weighted by molar-refractivity contribution is 7.89. The fourth-order valence-electron chi connectivity index (χ4n) is 2.27. The van der Waals surface area contributed by atoms with Gasteiger partial charge >= 0.3 is 0 Å². The molecule has 0 aromatic heterocycles. The first kappa shape index (κ1) is 16.4. The Morgan fingerprint density at radius 2 is 2.16 bits per heavy atom. The summed E-state index contributed by atoms with van der Waals surface area (Å²) in [4.78, 5) is 13.8. The average molecular weight is 292 g/mol. The molecule has 1 amide bonds. The van der Waals surface area contributed by atoms with E-state index in [9.17, 15) is 13.2 Å². The van der Waals surface area contributed by atoms with Crippen molar-refractivity contribution in [3.05, 3.63) is 0 Å². The Bertz CT molecular complexity index is 410. The second kappa shape index (κ2) is 6.67. The summed E-state index contributed by atoms with van der Waals surface area (Å²) in [7, 11) is -1.74. The summed E-state index contributed by atoms with van der Waals surface area (Å²) in [6.07, 6.45) is 1.81. The number of carbonyl (C=O) groups is 1. The first-order valence-electron chi connectivity index (χ1n) is 6.72. The predicted molar refractivity (Wildman–Crippen MR) is 73.1 cm³/mol. The molecule has 112 valence electrons. The van der Waals surface area contributed by atoms with Crippen molar-refractivity contribution in [3.63, 3.8) is 0 Å². The first-order valence-corrected chi connectivity index (χ1v) is 8.33. The van der Waals surface area contributed by atoms with Crippen LogP contribution in [0.25, 0.3) is 0 Å². The van der Waals surface area contributed by atoms with E-state index in [1.165, 1.54) is 9.21 Å². The fraction of sp³-hybridized carbons (Fsp3) is 0.917. The van der Waals surface area contributed by atoms with E-state index < -0.39 is 16.1 Å². The summed E-state index contributed by atoms with van der Waals surface area (Å²) >= 11 is 0. The van der Waals surface area contributed by atoms with Crippen molar-refractivity contribution in [2.75, 3.05) is 26.0 Å². The second-order valence-electron chi connectivity index (χ2n) is 5.07. The molecule has 1 aliphatic heterocycles. The molecule has 2 atom stereocenters. The maximum atomic E-state index is 12.3. The molecule has 0 aliphatic carbocycles. The minimum atomic E-state index is -3.35. The third-order valence-corrected chi connectivity index (χ3v) is 5.66. The van der Waals surface area contributed by atoms with Crippen LogP contribution in [0.1, 0.15) is 33.1 Å². The number of amides is 1. The Hall–Kier alpha value is -0.660. The standard InChI is InChI=1S/C12H24N2O4S/c1-4-8-19(17,18)14-7-5-6-11(14)12(16)13(3)10(2)9-15/h10-11,15H,4-9H2,1-3H3. The lowest BCUT2D eigenvalue weighted by molar-refractivity contribution is -0.135. The van der Waals surface area contributed by atoms with Crippen LogP contribution >= 0.6 is 0 Å². The predicted octanol–water partition coefficient (Wildman–Crippen LogP) is 0.0298. The van der Waals surface area contributed by atoms with Crippen molar-refractivity contribution in [2.24, 2.45) is 0 Å². The zero-order chi connectivity index (χ0) is 14.6. The van der Waals surface area contributed by atoms with Crippen LogP contribution in [-0.4, -0.2) is 66.7 Å². The molecular weight excluding hydrogens is 268 g/mol. The van der Waals surface area contributed by atoms with Gasteiger partial charge in [-0.1, -0.05) is 6.92 Å². The van der Waals surface area contributed by atoms with E-state index in [1.807, 2.05) is 6.92 Å². The Labute approximate surface area is 115 Å². The van der Waals surface area contributed by atoms with E-state index in [2.05, 4.69) is 0 Å². The number of nitrogens with zero attached hydrogens (tertiary/aromatic N) is 2. The van der Waals surface area contributed by atoms with Crippen molar-refractivity contribution < 1.29 is 18.3 Å². The molecule has 1 rings (SSSR count). The van der Waals surface area contributed by atoms with Crippen LogP contribution in [0.2, 0.25) is 0 Å². The molecule has 0 saturated carbocycles. The summed E-state index contributed by atoms with van der Waals surface area (Å²) in [5, 5.41) is 9.08. The SMILES string of the molecule is CCCS(=O)(=O)N1CCCC1C(=O)N(C)C(C)CO. The molecule has 1 aliphatic rings. The van der Waals surface area contributed by atoms with Crippen LogP contribution in [0.15, 0.2) is 0 Å². The van der Waals surface area contributed by atoms with Gasteiger partial charge in [0.2, 0.25) is 15.9 Å². The smallest absolute Gasteiger partial charge is 0.241 e. The zero-order valence-corrected chi connectivity index (χ0v) is 12.7. The topological polar surface area (TPSA) is 77.9 Å². The Morgan fingerprint density at radius 1 is 1.53 bits per heavy atom. The zero-order valence-electron chi connectivity index (χ0n) is 11.9. The number of hydrogen-bond acceptors (Lipinski definition) is 4. The highest BCUT2D eigenvalue weighted by Crippen LogP contribution is 2.23. The third-order valence-electron chi connectivity index (χ3n) is 3.58. The lowest BCUT2D eigenvalue weighted by Gasteiger charge is -2.30. The van der Waals surface area contributed by atoms with Gasteiger partial charge in [0.25, 0.3) is 0 Å². The third kappa shape index (κ3) is 3.67. The fourth-order valence-corrected chi connectivity index (χ4v) is 4.01. The Morgan fingerprint density at radius 3 is 2.68 bits per heavy atom. The van der Waals surface area contributed by atoms with Crippen molar-refractivity contribution in [1.82, 2.24) is 9.21 Å². The van der Waals surface area contributed by atoms with Crippen molar-refractivity contribution in [3.8, 4) is 0 Å². The molecular formula is C12H24N2O4S. The monoisotopic (exact) mass is 292 g/mol. The maximum Gasteiger partial charge on any atom is 0.241 e. The lowest BCUT2D eigenvalue weighted by Crippen LogP contribution is -2.50. The van der Waals surface area contributed by atoms with E-state index in [1.54, 1.807) is 14.0 Å². The summed E-state index contributed by atoms with van der Waals surface area (Å²) in [5.41, 5.74) is 0. The molecule has 19 heavy (non-hydrogen) atoms. The van der Waals surface area contributed by atoms with Crippen LogP contribution in [0.3, 0.4) is 0 Å². The number of hydrogen-bond donors (Lipinski definition) is 1. The lowest BCUT2D eigenvalue weighted by atomic mass is 10.2. The van der Waals surface area contributed by atoms with E-state index in [-0.39, 0.29) is 24.3 Å². The van der Waals surface area contributed by atoms with E-state index in [4.69, 9.17) is 5.11 Å². The Balaban J connectivity index is 2.85. The average Bonchev–Trinajstić information content (AvgIpc) is 2.85. The number of rotatable bonds is 6. The Kier molecular flexibility index (Phi) is 5.76. The van der Waals surface area contributed by atoms with Gasteiger partial charge in [-0.25, -0.2) is 8.42 Å². The van der Waals surface area contributed by atoms with E-state index >= 15 is 0 Å². The molecule has 0 aromatic rings. The van der Waals surface area contributed by atoms with Crippen LogP contribution in [-0.2, 0) is 14.8 Å². The van der Waals surface area contributed by atoms with Crippen molar-refractivity contribution in [2.45, 2.75) is 45.2 Å². The number of aliphatic hydroxyl groups excluding tert-OH is 1. The van der Waals surface area contributed by atoms with Crippen molar-refractivity contribution in [1.29, 1.82) is 0 Å². The van der Waals surface area contributed by atoms with Gasteiger partial charge in [0, 0.05) is 13.6 Å². The van der Waals surface area contributed by atoms with Gasteiger partial charge in [0.1, 0.15) is 6.04 Å². The van der Waals surface area contributed by atoms with Crippen molar-refractivity contribution >= 4 is 15.9 Å². The second-order valence-corrected chi connectivity index (χ2v) is 7.11. The first-order chi connectivity index (χ1) is 8.85. The molecule has 0 aromatic carbocycles. The normalized spacial score (nSPS) is 22.4. The van der Waals surface area contributed by atoms with Crippen LogP contribution in [0.5, 0.6) is 0 Å². The molecule has 0 bridgehead atoms. The molecule has 2 unspecified atom stereocenters. The molecule has 1 fully saturated rings. The van der Waals surface area contributed by atoms with Gasteiger partial charge in [0.05, 0.1) is 18.4 Å². The van der Waals surface area contributed by atoms with Gasteiger partial charge in [-0.2, -0.15) is 4.31 Å². The quantitative estimate of drug-likeness (QED) is 0.749. The maximum absolute atomic E-state index is 12.3. The number of likely N-dealkylation sites (N-methyl/N-ethyl adjacent to an activating group) is 1. The highest BCUT2D eigenvalue weighted by atomic mass is 32.2. The number of aliphatic hydroxyl groups is 1. The largest absolute Gasteiger partial charge is 0.394 e. The van der Waals surface area contributed by atoms with Gasteiger partial charge < -0.3 is 10.0 Å². The molecule has 1 saturated heterocycles. The molecule has 7 heteroatoms. The molecule has 1 heterocycles. The highest BCUT2D eigenvalue weighted by Gasteiger charge is 2.39.